The Labute approximate surface area is 197 Å². The van der Waals surface area contributed by atoms with Gasteiger partial charge in [-0.2, -0.15) is 18.3 Å². The first kappa shape index (κ1) is 22.6. The van der Waals surface area contributed by atoms with Crippen LogP contribution in [-0.4, -0.2) is 34.6 Å². The molecule has 12 heteroatoms. The molecule has 2 atom stereocenters. The molecule has 3 heterocycles. The van der Waals surface area contributed by atoms with E-state index in [4.69, 9.17) is 9.47 Å². The fraction of sp³-hybridized carbons (Fsp3) is 0.261. The van der Waals surface area contributed by atoms with Gasteiger partial charge in [0.15, 0.2) is 23.2 Å². The van der Waals surface area contributed by atoms with Crippen molar-refractivity contribution < 1.29 is 32.2 Å². The second kappa shape index (κ2) is 8.53. The lowest BCUT2D eigenvalue weighted by Crippen LogP contribution is -2.35. The number of hydrogen-bond donors (Lipinski definition) is 3. The Morgan fingerprint density at radius 3 is 2.40 bits per heavy atom. The Hall–Kier alpha value is -4.22. The predicted octanol–water partition coefficient (Wildman–Crippen LogP) is 4.48. The monoisotopic (exact) mass is 487 g/mol. The molecule has 5 rings (SSSR count). The number of halogens is 3. The Morgan fingerprint density at radius 1 is 1.03 bits per heavy atom. The van der Waals surface area contributed by atoms with Crippen LogP contribution in [0.1, 0.15) is 41.5 Å². The SMILES string of the molecule is CC(=O)Nc1ccc(NC(=O)c2cc3n(n2)[C@H](C(F)(F)F)C[C@H](c2ccc4c(c2)OCO4)N3)cc1. The average Bonchev–Trinajstić information content (AvgIpc) is 3.45. The first-order valence-corrected chi connectivity index (χ1v) is 10.7. The molecule has 0 fully saturated rings. The van der Waals surface area contributed by atoms with Gasteiger partial charge >= 0.3 is 6.18 Å². The van der Waals surface area contributed by atoms with Crippen LogP contribution in [0.2, 0.25) is 0 Å². The van der Waals surface area contributed by atoms with Gasteiger partial charge in [0.05, 0.1) is 6.04 Å². The highest BCUT2D eigenvalue weighted by molar-refractivity contribution is 6.03. The van der Waals surface area contributed by atoms with Crippen molar-refractivity contribution in [1.29, 1.82) is 0 Å². The van der Waals surface area contributed by atoms with E-state index in [1.54, 1.807) is 42.5 Å². The van der Waals surface area contributed by atoms with E-state index in [1.807, 2.05) is 0 Å². The minimum Gasteiger partial charge on any atom is -0.454 e. The van der Waals surface area contributed by atoms with Gasteiger partial charge in [-0.15, -0.1) is 0 Å². The van der Waals surface area contributed by atoms with E-state index in [0.717, 1.165) is 4.68 Å². The van der Waals surface area contributed by atoms with Crippen LogP contribution in [0, 0.1) is 0 Å². The molecule has 0 bridgehead atoms. The highest BCUT2D eigenvalue weighted by atomic mass is 19.4. The number of aromatic nitrogens is 2. The number of benzene rings is 2. The molecule has 2 amide bonds. The number of amides is 2. The van der Waals surface area contributed by atoms with E-state index in [2.05, 4.69) is 21.0 Å². The van der Waals surface area contributed by atoms with Crippen molar-refractivity contribution in [3.05, 3.63) is 59.8 Å². The third-order valence-corrected chi connectivity index (χ3v) is 5.68. The van der Waals surface area contributed by atoms with Gasteiger partial charge in [-0.1, -0.05) is 6.07 Å². The third kappa shape index (κ3) is 4.59. The zero-order chi connectivity index (χ0) is 24.7. The minimum absolute atomic E-state index is 0.0588. The molecule has 3 N–H and O–H groups in total. The molecule has 9 nitrogen and oxygen atoms in total. The van der Waals surface area contributed by atoms with Crippen molar-refractivity contribution in [3.63, 3.8) is 0 Å². The van der Waals surface area contributed by atoms with Gasteiger partial charge in [0.1, 0.15) is 5.82 Å². The molecule has 0 spiro atoms. The predicted molar refractivity (Wildman–Crippen MR) is 120 cm³/mol. The van der Waals surface area contributed by atoms with Crippen molar-refractivity contribution in [2.45, 2.75) is 31.6 Å². The normalized spacial score (nSPS) is 18.4. The fourth-order valence-corrected chi connectivity index (χ4v) is 4.07. The number of hydrogen-bond acceptors (Lipinski definition) is 6. The molecule has 0 unspecified atom stereocenters. The fourth-order valence-electron chi connectivity index (χ4n) is 4.07. The molecule has 0 saturated carbocycles. The number of alkyl halides is 3. The summed E-state index contributed by atoms with van der Waals surface area (Å²) in [5.74, 6) is 0.174. The third-order valence-electron chi connectivity index (χ3n) is 5.68. The van der Waals surface area contributed by atoms with E-state index in [0.29, 0.717) is 28.4 Å². The van der Waals surface area contributed by atoms with Crippen LogP contribution in [0.4, 0.5) is 30.4 Å². The number of ether oxygens (including phenoxy) is 2. The highest BCUT2D eigenvalue weighted by Crippen LogP contribution is 2.45. The molecule has 0 aliphatic carbocycles. The van der Waals surface area contributed by atoms with Gasteiger partial charge in [0.2, 0.25) is 12.7 Å². The maximum atomic E-state index is 14.0. The molecular weight excluding hydrogens is 467 g/mol. The van der Waals surface area contributed by atoms with E-state index in [9.17, 15) is 22.8 Å². The van der Waals surface area contributed by atoms with Crippen molar-refractivity contribution in [1.82, 2.24) is 9.78 Å². The zero-order valence-corrected chi connectivity index (χ0v) is 18.3. The molecule has 182 valence electrons. The minimum atomic E-state index is -4.58. The van der Waals surface area contributed by atoms with E-state index in [1.165, 1.54) is 13.0 Å². The molecule has 0 radical (unpaired) electrons. The quantitative estimate of drug-likeness (QED) is 0.501. The Kier molecular flexibility index (Phi) is 5.50. The number of nitrogens with one attached hydrogen (secondary N) is 3. The van der Waals surface area contributed by atoms with Crippen LogP contribution < -0.4 is 25.4 Å². The topological polar surface area (TPSA) is 107 Å². The highest BCUT2D eigenvalue weighted by Gasteiger charge is 2.47. The molecule has 2 aliphatic heterocycles. The lowest BCUT2D eigenvalue weighted by Gasteiger charge is -2.33. The molecule has 3 aromatic rings. The van der Waals surface area contributed by atoms with Crippen LogP contribution >= 0.6 is 0 Å². The van der Waals surface area contributed by atoms with Crippen molar-refractivity contribution in [3.8, 4) is 11.5 Å². The number of carbonyl (C=O) groups is 2. The smallest absolute Gasteiger partial charge is 0.410 e. The molecule has 35 heavy (non-hydrogen) atoms. The van der Waals surface area contributed by atoms with Crippen LogP contribution in [0.5, 0.6) is 11.5 Å². The molecule has 2 aromatic carbocycles. The van der Waals surface area contributed by atoms with Gasteiger partial charge in [0.25, 0.3) is 5.91 Å². The summed E-state index contributed by atoms with van der Waals surface area (Å²) in [6.45, 7) is 1.43. The number of anilines is 3. The van der Waals surface area contributed by atoms with Gasteiger partial charge in [0, 0.05) is 30.8 Å². The van der Waals surface area contributed by atoms with Gasteiger partial charge in [-0.25, -0.2) is 4.68 Å². The number of carbonyl (C=O) groups excluding carboxylic acids is 2. The van der Waals surface area contributed by atoms with Crippen molar-refractivity contribution in [2.24, 2.45) is 0 Å². The Bertz CT molecular complexity index is 1290. The standard InChI is InChI=1S/C23H20F3N5O4/c1-12(32)27-14-3-5-15(6-4-14)28-22(33)17-10-21-29-16(9-20(23(24,25)26)31(21)30-17)13-2-7-18-19(8-13)35-11-34-18/h2-8,10,16,20,29H,9,11H2,1H3,(H,27,32)(H,28,33)/t16-,20+/m1/s1. The largest absolute Gasteiger partial charge is 0.454 e. The van der Waals surface area contributed by atoms with E-state index in [-0.39, 0.29) is 30.6 Å². The maximum absolute atomic E-state index is 14.0. The second-order valence-electron chi connectivity index (χ2n) is 8.17. The summed E-state index contributed by atoms with van der Waals surface area (Å²) >= 11 is 0. The summed E-state index contributed by atoms with van der Waals surface area (Å²) in [5, 5.41) is 12.2. The maximum Gasteiger partial charge on any atom is 0.410 e. The molecule has 1 aromatic heterocycles. The van der Waals surface area contributed by atoms with E-state index >= 15 is 0 Å². The Balaban J connectivity index is 1.38. The zero-order valence-electron chi connectivity index (χ0n) is 18.3. The summed E-state index contributed by atoms with van der Waals surface area (Å²) in [6.07, 6.45) is -4.89. The summed E-state index contributed by atoms with van der Waals surface area (Å²) < 4.78 is 53.3. The molecule has 0 saturated heterocycles. The van der Waals surface area contributed by atoms with Crippen LogP contribution in [0.3, 0.4) is 0 Å². The van der Waals surface area contributed by atoms with Gasteiger partial charge in [-0.3, -0.25) is 9.59 Å². The van der Waals surface area contributed by atoms with Gasteiger partial charge in [-0.05, 0) is 42.0 Å². The van der Waals surface area contributed by atoms with Crippen molar-refractivity contribution in [2.75, 3.05) is 22.7 Å². The number of nitrogens with zero attached hydrogens (tertiary/aromatic N) is 2. The van der Waals surface area contributed by atoms with Crippen molar-refractivity contribution >= 4 is 29.0 Å². The first-order chi connectivity index (χ1) is 16.7. The summed E-state index contributed by atoms with van der Waals surface area (Å²) in [7, 11) is 0. The average molecular weight is 487 g/mol. The number of rotatable bonds is 4. The second-order valence-corrected chi connectivity index (χ2v) is 8.17. The summed E-state index contributed by atoms with van der Waals surface area (Å²) in [5.41, 5.74) is 1.37. The van der Waals surface area contributed by atoms with Gasteiger partial charge < -0.3 is 25.4 Å². The van der Waals surface area contributed by atoms with Crippen LogP contribution in [0.15, 0.2) is 48.5 Å². The molecule has 2 aliphatic rings. The summed E-state index contributed by atoms with van der Waals surface area (Å²) in [6, 6.07) is 9.98. The molecular formula is C23H20F3N5O4. The van der Waals surface area contributed by atoms with Crippen LogP contribution in [0.25, 0.3) is 0 Å². The number of fused-ring (bicyclic) bond motifs is 2. The lowest BCUT2D eigenvalue weighted by atomic mass is 9.96. The Morgan fingerprint density at radius 2 is 1.71 bits per heavy atom. The first-order valence-electron chi connectivity index (χ1n) is 10.7. The lowest BCUT2D eigenvalue weighted by molar-refractivity contribution is -0.173. The van der Waals surface area contributed by atoms with E-state index < -0.39 is 24.2 Å². The van der Waals surface area contributed by atoms with Crippen LogP contribution in [-0.2, 0) is 4.79 Å². The summed E-state index contributed by atoms with van der Waals surface area (Å²) in [4.78, 5) is 23.9.